The molecule has 0 radical (unpaired) electrons. The number of allylic oxidation sites excluding steroid dienone is 5. The second-order valence-corrected chi connectivity index (χ2v) is 30.3. The van der Waals surface area contributed by atoms with E-state index >= 15 is 0 Å². The van der Waals surface area contributed by atoms with E-state index in [0.29, 0.717) is 12.8 Å². The first-order valence-corrected chi connectivity index (χ1v) is 42.2. The first kappa shape index (κ1) is 94.2. The molecule has 17 unspecified atom stereocenters. The minimum absolute atomic E-state index is 0.236. The van der Waals surface area contributed by atoms with Crippen molar-refractivity contribution in [2.75, 3.05) is 26.4 Å². The summed E-state index contributed by atoms with van der Waals surface area (Å²) in [5, 5.41) is 121. The van der Waals surface area contributed by atoms with Gasteiger partial charge in [0.05, 0.1) is 38.6 Å². The molecule has 3 aliphatic rings. The summed E-state index contributed by atoms with van der Waals surface area (Å²) in [5.74, 6) is -0.282. The van der Waals surface area contributed by atoms with Gasteiger partial charge in [0.1, 0.15) is 73.2 Å². The Balaban J connectivity index is 1.38. The molecule has 3 rings (SSSR count). The summed E-state index contributed by atoms with van der Waals surface area (Å²) < 4.78 is 34.5. The molecule has 3 aliphatic heterocycles. The Morgan fingerprint density at radius 1 is 0.343 bits per heavy atom. The van der Waals surface area contributed by atoms with Crippen LogP contribution in [-0.4, -0.2) is 193 Å². The van der Waals surface area contributed by atoms with Gasteiger partial charge >= 0.3 is 0 Å². The Kier molecular flexibility index (Phi) is 59.0. The number of amides is 1. The van der Waals surface area contributed by atoms with Crippen LogP contribution in [0.3, 0.4) is 0 Å². The normalized spacial score (nSPS) is 26.3. The van der Waals surface area contributed by atoms with E-state index in [2.05, 4.69) is 43.5 Å². The minimum Gasteiger partial charge on any atom is -0.394 e. The maximum atomic E-state index is 13.5. The van der Waals surface area contributed by atoms with E-state index in [0.717, 1.165) is 44.9 Å². The fourth-order valence-electron chi connectivity index (χ4n) is 14.4. The lowest BCUT2D eigenvalue weighted by atomic mass is 9.96. The summed E-state index contributed by atoms with van der Waals surface area (Å²) in [6, 6.07) is -0.996. The van der Waals surface area contributed by atoms with Crippen molar-refractivity contribution in [1.29, 1.82) is 0 Å². The number of aliphatic hydroxyl groups is 11. The monoisotopic (exact) mass is 1450 g/mol. The highest BCUT2D eigenvalue weighted by atomic mass is 16.8. The van der Waals surface area contributed by atoms with Crippen LogP contribution < -0.4 is 5.32 Å². The molecule has 0 aromatic carbocycles. The number of hydrogen-bond acceptors (Lipinski definition) is 18. The molecule has 0 bridgehead atoms. The van der Waals surface area contributed by atoms with Crippen molar-refractivity contribution in [1.82, 2.24) is 5.32 Å². The van der Waals surface area contributed by atoms with Crippen molar-refractivity contribution in [3.63, 3.8) is 0 Å². The SMILES string of the molecule is CCCCCCCCCCCCCCCCCCCCC/C=C/CC/C=C/CC/C=C/C(O)C(COC1OC(CO)C(OC2OC(CO)C(OC3OC(CO)C(O)C(O)C3O)C(O)C2O)C(O)C1O)NC(=O)CCCCCCCCCCCCCCCCCCCCCCCCCCCCCC. The maximum Gasteiger partial charge on any atom is 0.220 e. The predicted molar refractivity (Wildman–Crippen MR) is 406 cm³/mol. The number of rotatable bonds is 68. The lowest BCUT2D eigenvalue weighted by Crippen LogP contribution is -2.66. The molecule has 0 saturated carbocycles. The van der Waals surface area contributed by atoms with Crippen LogP contribution in [0.25, 0.3) is 0 Å². The molecule has 3 fully saturated rings. The summed E-state index contributed by atoms with van der Waals surface area (Å²) in [7, 11) is 0. The fraction of sp³-hybridized carbons (Fsp3) is 0.916. The van der Waals surface area contributed by atoms with E-state index in [-0.39, 0.29) is 18.9 Å². The van der Waals surface area contributed by atoms with E-state index in [1.165, 1.54) is 276 Å². The third-order valence-corrected chi connectivity index (χ3v) is 21.2. The molecule has 0 aliphatic carbocycles. The first-order chi connectivity index (χ1) is 49.8. The van der Waals surface area contributed by atoms with E-state index < -0.39 is 124 Å². The van der Waals surface area contributed by atoms with Gasteiger partial charge in [-0.05, 0) is 44.9 Å². The van der Waals surface area contributed by atoms with Crippen molar-refractivity contribution < 1.29 is 89.4 Å². The van der Waals surface area contributed by atoms with Gasteiger partial charge < -0.3 is 89.9 Å². The summed E-state index contributed by atoms with van der Waals surface area (Å²) in [6.07, 6.45) is 52.9. The standard InChI is InChI=1S/C83H155NO18/c1-3-5-7-9-11-13-15-17-19-21-23-25-27-29-31-33-34-36-38-40-42-44-46-48-50-52-54-56-58-60-67(88)66(84-71(89)61-59-57-55-53-51-49-47-45-43-41-39-37-35-32-30-28-26-24-22-20-18-16-14-12-10-8-6-4-2)65-97-81-77(95)74(92)79(69(63-86)99-81)102-83-78(96)75(93)80(70(64-87)100-83)101-82-76(94)73(91)72(90)68(62-85)98-82/h42,44,50,52,58,60,66-70,72-83,85-88,90-96H,3-41,43,45-49,51,53-57,59,61-65H2,1-2H3,(H,84,89)/b44-42+,52-50+,60-58+. The number of nitrogens with one attached hydrogen (secondary N) is 1. The van der Waals surface area contributed by atoms with Crippen LogP contribution in [0.4, 0.5) is 0 Å². The summed E-state index contributed by atoms with van der Waals surface area (Å²) >= 11 is 0. The Bertz CT molecular complexity index is 1980. The smallest absolute Gasteiger partial charge is 0.220 e. The number of ether oxygens (including phenoxy) is 6. The first-order valence-electron chi connectivity index (χ1n) is 42.2. The van der Waals surface area contributed by atoms with Crippen molar-refractivity contribution in [2.45, 2.75) is 458 Å². The molecular weight excluding hydrogens is 1300 g/mol. The highest BCUT2D eigenvalue weighted by molar-refractivity contribution is 5.76. The van der Waals surface area contributed by atoms with Crippen molar-refractivity contribution >= 4 is 5.91 Å². The molecule has 0 aromatic heterocycles. The van der Waals surface area contributed by atoms with Crippen LogP contribution >= 0.6 is 0 Å². The van der Waals surface area contributed by atoms with E-state index in [4.69, 9.17) is 28.4 Å². The summed E-state index contributed by atoms with van der Waals surface area (Å²) in [6.45, 7) is 1.77. The molecule has 12 N–H and O–H groups in total. The molecule has 19 nitrogen and oxygen atoms in total. The number of carbonyl (C=O) groups is 1. The van der Waals surface area contributed by atoms with E-state index in [9.17, 15) is 61.0 Å². The average molecular weight is 1460 g/mol. The molecule has 102 heavy (non-hydrogen) atoms. The van der Waals surface area contributed by atoms with Crippen LogP contribution in [0.2, 0.25) is 0 Å². The molecule has 17 atom stereocenters. The van der Waals surface area contributed by atoms with E-state index in [1.807, 2.05) is 6.08 Å². The van der Waals surface area contributed by atoms with Gasteiger partial charge in [0.25, 0.3) is 0 Å². The number of aliphatic hydroxyl groups excluding tert-OH is 11. The van der Waals surface area contributed by atoms with Crippen LogP contribution in [0.15, 0.2) is 36.5 Å². The van der Waals surface area contributed by atoms with Gasteiger partial charge in [-0.3, -0.25) is 4.79 Å². The zero-order valence-electron chi connectivity index (χ0n) is 64.4. The van der Waals surface area contributed by atoms with Gasteiger partial charge in [-0.1, -0.05) is 339 Å². The summed E-state index contributed by atoms with van der Waals surface area (Å²) in [4.78, 5) is 13.5. The zero-order chi connectivity index (χ0) is 73.9. The second kappa shape index (κ2) is 63.9. The Labute approximate surface area is 619 Å². The molecule has 0 aromatic rings. The maximum absolute atomic E-state index is 13.5. The number of hydrogen-bond donors (Lipinski definition) is 12. The largest absolute Gasteiger partial charge is 0.394 e. The quantitative estimate of drug-likeness (QED) is 0.0199. The lowest BCUT2D eigenvalue weighted by Gasteiger charge is -2.48. The molecule has 1 amide bonds. The topological polar surface area (TPSA) is 307 Å². The number of carbonyl (C=O) groups excluding carboxylic acids is 1. The highest BCUT2D eigenvalue weighted by Gasteiger charge is 2.54. The van der Waals surface area contributed by atoms with Crippen molar-refractivity contribution in [3.8, 4) is 0 Å². The van der Waals surface area contributed by atoms with Gasteiger partial charge in [0, 0.05) is 6.42 Å². The molecule has 19 heteroatoms. The van der Waals surface area contributed by atoms with Crippen molar-refractivity contribution in [2.24, 2.45) is 0 Å². The Morgan fingerprint density at radius 2 is 0.627 bits per heavy atom. The van der Waals surface area contributed by atoms with Crippen LogP contribution in [0.5, 0.6) is 0 Å². The predicted octanol–water partition coefficient (Wildman–Crippen LogP) is 14.7. The van der Waals surface area contributed by atoms with Crippen LogP contribution in [0, 0.1) is 0 Å². The minimum atomic E-state index is -1.98. The third-order valence-electron chi connectivity index (χ3n) is 21.2. The lowest BCUT2D eigenvalue weighted by molar-refractivity contribution is -0.379. The number of unbranched alkanes of at least 4 members (excludes halogenated alkanes) is 48. The van der Waals surface area contributed by atoms with Crippen LogP contribution in [-0.2, 0) is 33.2 Å². The molecule has 3 heterocycles. The fourth-order valence-corrected chi connectivity index (χ4v) is 14.4. The van der Waals surface area contributed by atoms with Gasteiger partial charge in [0.15, 0.2) is 18.9 Å². The molecule has 0 spiro atoms. The van der Waals surface area contributed by atoms with Gasteiger partial charge in [-0.25, -0.2) is 0 Å². The zero-order valence-corrected chi connectivity index (χ0v) is 64.4. The molecular formula is C83H155NO18. The van der Waals surface area contributed by atoms with E-state index in [1.54, 1.807) is 6.08 Å². The summed E-state index contributed by atoms with van der Waals surface area (Å²) in [5.41, 5.74) is 0. The van der Waals surface area contributed by atoms with Crippen molar-refractivity contribution in [3.05, 3.63) is 36.5 Å². The van der Waals surface area contributed by atoms with Gasteiger partial charge in [-0.15, -0.1) is 0 Å². The van der Waals surface area contributed by atoms with Crippen LogP contribution in [0.1, 0.15) is 354 Å². The van der Waals surface area contributed by atoms with Gasteiger partial charge in [0.2, 0.25) is 5.91 Å². The molecule has 3 saturated heterocycles. The highest BCUT2D eigenvalue weighted by Crippen LogP contribution is 2.33. The average Bonchev–Trinajstić information content (AvgIpc) is 0.781. The van der Waals surface area contributed by atoms with Gasteiger partial charge in [-0.2, -0.15) is 0 Å². The third kappa shape index (κ3) is 43.3. The Morgan fingerprint density at radius 3 is 0.980 bits per heavy atom. The second-order valence-electron chi connectivity index (χ2n) is 30.3. The molecule has 600 valence electrons. The Hall–Kier alpha value is -1.99.